The second kappa shape index (κ2) is 6.01. The van der Waals surface area contributed by atoms with Crippen LogP contribution in [0.3, 0.4) is 0 Å². The molecule has 0 spiro atoms. The molecular weight excluding hydrogens is 164 g/mol. The van der Waals surface area contributed by atoms with Gasteiger partial charge in [0.2, 0.25) is 0 Å². The minimum atomic E-state index is 0.0442. The fourth-order valence-electron chi connectivity index (χ4n) is 1.82. The highest BCUT2D eigenvalue weighted by Gasteiger charge is 2.22. The third-order valence-corrected chi connectivity index (χ3v) is 2.68. The van der Waals surface area contributed by atoms with E-state index in [1.165, 1.54) is 25.7 Å². The van der Waals surface area contributed by atoms with Crippen LogP contribution in [0.4, 0.5) is 0 Å². The maximum absolute atomic E-state index is 11.2. The summed E-state index contributed by atoms with van der Waals surface area (Å²) in [6.07, 6.45) is 8.15. The van der Waals surface area contributed by atoms with Crippen molar-refractivity contribution in [2.24, 2.45) is 5.92 Å². The normalized spacial score (nSPS) is 22.8. The highest BCUT2D eigenvalue weighted by molar-refractivity contribution is 5.72. The molecule has 0 aromatic carbocycles. The Balaban J connectivity index is 2.08. The average molecular weight is 184 g/mol. The van der Waals surface area contributed by atoms with Crippen molar-refractivity contribution in [3.8, 4) is 0 Å². The summed E-state index contributed by atoms with van der Waals surface area (Å²) in [5, 5.41) is 0. The van der Waals surface area contributed by atoms with Crippen LogP contribution in [0.15, 0.2) is 0 Å². The summed E-state index contributed by atoms with van der Waals surface area (Å²) >= 11 is 0. The Bertz CT molecular complexity index is 154. The van der Waals surface area contributed by atoms with E-state index in [0.717, 1.165) is 19.3 Å². The zero-order valence-electron chi connectivity index (χ0n) is 8.55. The summed E-state index contributed by atoms with van der Waals surface area (Å²) in [5.74, 6) is 0.258. The molecular formula is C11H20O2. The van der Waals surface area contributed by atoms with Gasteiger partial charge in [0.1, 0.15) is 0 Å². The van der Waals surface area contributed by atoms with Crippen molar-refractivity contribution in [2.75, 3.05) is 6.61 Å². The van der Waals surface area contributed by atoms with Crippen LogP contribution in [0.2, 0.25) is 0 Å². The summed E-state index contributed by atoms with van der Waals surface area (Å²) in [4.78, 5) is 11.2. The van der Waals surface area contributed by atoms with Crippen molar-refractivity contribution >= 4 is 5.97 Å². The van der Waals surface area contributed by atoms with Gasteiger partial charge < -0.3 is 4.74 Å². The molecule has 1 rings (SSSR count). The number of carbonyl (C=O) groups excluding carboxylic acids is 1. The Labute approximate surface area is 80.7 Å². The van der Waals surface area contributed by atoms with Gasteiger partial charge in [-0.15, -0.1) is 0 Å². The highest BCUT2D eigenvalue weighted by atomic mass is 16.5. The number of cyclic esters (lactones) is 1. The SMILES string of the molecule is CCCCCCC1CCCOC1=O. The Morgan fingerprint density at radius 3 is 2.92 bits per heavy atom. The Morgan fingerprint density at radius 2 is 2.23 bits per heavy atom. The molecule has 1 fully saturated rings. The van der Waals surface area contributed by atoms with E-state index in [1.807, 2.05) is 0 Å². The molecule has 1 heterocycles. The van der Waals surface area contributed by atoms with Gasteiger partial charge in [-0.1, -0.05) is 32.6 Å². The number of ether oxygens (including phenoxy) is 1. The lowest BCUT2D eigenvalue weighted by Crippen LogP contribution is -2.23. The number of rotatable bonds is 5. The van der Waals surface area contributed by atoms with Gasteiger partial charge in [0.15, 0.2) is 0 Å². The van der Waals surface area contributed by atoms with Crippen LogP contribution in [0, 0.1) is 5.92 Å². The first-order valence-electron chi connectivity index (χ1n) is 5.51. The summed E-state index contributed by atoms with van der Waals surface area (Å²) < 4.78 is 5.01. The molecule has 1 aliphatic heterocycles. The molecule has 0 aromatic rings. The smallest absolute Gasteiger partial charge is 0.308 e. The van der Waals surface area contributed by atoms with E-state index in [9.17, 15) is 4.79 Å². The monoisotopic (exact) mass is 184 g/mol. The summed E-state index contributed by atoms with van der Waals surface area (Å²) in [6.45, 7) is 2.85. The molecule has 2 heteroatoms. The van der Waals surface area contributed by atoms with Crippen LogP contribution in [0.1, 0.15) is 51.9 Å². The molecule has 0 N–H and O–H groups in total. The topological polar surface area (TPSA) is 26.3 Å². The molecule has 13 heavy (non-hydrogen) atoms. The molecule has 2 nitrogen and oxygen atoms in total. The van der Waals surface area contributed by atoms with E-state index in [-0.39, 0.29) is 11.9 Å². The van der Waals surface area contributed by atoms with E-state index in [1.54, 1.807) is 0 Å². The van der Waals surface area contributed by atoms with E-state index in [0.29, 0.717) is 6.61 Å². The zero-order valence-corrected chi connectivity index (χ0v) is 8.55. The van der Waals surface area contributed by atoms with Crippen molar-refractivity contribution in [2.45, 2.75) is 51.9 Å². The molecule has 0 aromatic heterocycles. The lowest BCUT2D eigenvalue weighted by molar-refractivity contribution is -0.153. The van der Waals surface area contributed by atoms with Crippen LogP contribution in [0.5, 0.6) is 0 Å². The molecule has 1 saturated heterocycles. The van der Waals surface area contributed by atoms with Gasteiger partial charge in [-0.2, -0.15) is 0 Å². The quantitative estimate of drug-likeness (QED) is 0.485. The van der Waals surface area contributed by atoms with Crippen molar-refractivity contribution in [3.63, 3.8) is 0 Å². The fourth-order valence-corrected chi connectivity index (χ4v) is 1.82. The lowest BCUT2D eigenvalue weighted by Gasteiger charge is -2.20. The van der Waals surface area contributed by atoms with E-state index >= 15 is 0 Å². The van der Waals surface area contributed by atoms with Gasteiger partial charge in [-0.25, -0.2) is 0 Å². The lowest BCUT2D eigenvalue weighted by atomic mass is 9.95. The van der Waals surface area contributed by atoms with Crippen LogP contribution in [-0.4, -0.2) is 12.6 Å². The van der Waals surface area contributed by atoms with Crippen LogP contribution in [0.25, 0.3) is 0 Å². The second-order valence-electron chi connectivity index (χ2n) is 3.86. The Kier molecular flexibility index (Phi) is 4.87. The van der Waals surface area contributed by atoms with Gasteiger partial charge in [-0.3, -0.25) is 4.79 Å². The zero-order chi connectivity index (χ0) is 9.52. The van der Waals surface area contributed by atoms with Gasteiger partial charge in [0.05, 0.1) is 12.5 Å². The van der Waals surface area contributed by atoms with Crippen molar-refractivity contribution in [1.82, 2.24) is 0 Å². The third kappa shape index (κ3) is 3.79. The third-order valence-electron chi connectivity index (χ3n) is 2.68. The van der Waals surface area contributed by atoms with Crippen LogP contribution < -0.4 is 0 Å². The molecule has 1 unspecified atom stereocenters. The molecule has 0 bridgehead atoms. The second-order valence-corrected chi connectivity index (χ2v) is 3.86. The molecule has 1 aliphatic rings. The molecule has 0 amide bonds. The van der Waals surface area contributed by atoms with E-state index < -0.39 is 0 Å². The Morgan fingerprint density at radius 1 is 1.38 bits per heavy atom. The summed E-state index contributed by atoms with van der Waals surface area (Å²) in [5.41, 5.74) is 0. The minimum absolute atomic E-state index is 0.0442. The molecule has 1 atom stereocenters. The number of hydrogen-bond donors (Lipinski definition) is 0. The first-order valence-corrected chi connectivity index (χ1v) is 5.51. The van der Waals surface area contributed by atoms with Crippen LogP contribution >= 0.6 is 0 Å². The predicted octanol–water partition coefficient (Wildman–Crippen LogP) is 2.91. The first-order chi connectivity index (χ1) is 6.34. The van der Waals surface area contributed by atoms with E-state index in [2.05, 4.69) is 6.92 Å². The molecule has 76 valence electrons. The number of carbonyl (C=O) groups is 1. The van der Waals surface area contributed by atoms with Crippen molar-refractivity contribution < 1.29 is 9.53 Å². The van der Waals surface area contributed by atoms with Gasteiger partial charge in [-0.05, 0) is 19.3 Å². The Hall–Kier alpha value is -0.530. The summed E-state index contributed by atoms with van der Waals surface area (Å²) in [7, 11) is 0. The first kappa shape index (κ1) is 10.6. The largest absolute Gasteiger partial charge is 0.465 e. The fraction of sp³-hybridized carbons (Fsp3) is 0.909. The van der Waals surface area contributed by atoms with Gasteiger partial charge >= 0.3 is 5.97 Å². The molecule has 0 radical (unpaired) electrons. The number of unbranched alkanes of at least 4 members (excludes halogenated alkanes) is 3. The standard InChI is InChI=1S/C11H20O2/c1-2-3-4-5-7-10-8-6-9-13-11(10)12/h10H,2-9H2,1H3. The van der Waals surface area contributed by atoms with E-state index in [4.69, 9.17) is 4.74 Å². The minimum Gasteiger partial charge on any atom is -0.465 e. The van der Waals surface area contributed by atoms with Gasteiger partial charge in [0.25, 0.3) is 0 Å². The summed E-state index contributed by atoms with van der Waals surface area (Å²) in [6, 6.07) is 0. The maximum Gasteiger partial charge on any atom is 0.308 e. The number of esters is 1. The van der Waals surface area contributed by atoms with Crippen LogP contribution in [-0.2, 0) is 9.53 Å². The predicted molar refractivity (Wildman–Crippen MR) is 52.4 cm³/mol. The van der Waals surface area contributed by atoms with Gasteiger partial charge in [0, 0.05) is 0 Å². The highest BCUT2D eigenvalue weighted by Crippen LogP contribution is 2.21. The van der Waals surface area contributed by atoms with Crippen molar-refractivity contribution in [1.29, 1.82) is 0 Å². The molecule has 0 aliphatic carbocycles. The van der Waals surface area contributed by atoms with Crippen molar-refractivity contribution in [3.05, 3.63) is 0 Å². The average Bonchev–Trinajstić information content (AvgIpc) is 2.15. The number of hydrogen-bond acceptors (Lipinski definition) is 2. The maximum atomic E-state index is 11.2. The molecule has 0 saturated carbocycles.